The molecular formula is C29H35N3O4S. The predicted molar refractivity (Wildman–Crippen MR) is 145 cm³/mol. The molecule has 7 nitrogen and oxygen atoms in total. The largest absolute Gasteiger partial charge is 0.352 e. The summed E-state index contributed by atoms with van der Waals surface area (Å²) in [4.78, 5) is 28.2. The van der Waals surface area contributed by atoms with E-state index in [1.807, 2.05) is 55.5 Å². The van der Waals surface area contributed by atoms with Gasteiger partial charge in [-0.3, -0.25) is 9.59 Å². The number of amides is 2. The fraction of sp³-hybridized carbons (Fsp3) is 0.379. The van der Waals surface area contributed by atoms with Crippen LogP contribution in [0.4, 0.5) is 0 Å². The van der Waals surface area contributed by atoms with Crippen molar-refractivity contribution in [2.75, 3.05) is 13.6 Å². The van der Waals surface area contributed by atoms with Crippen molar-refractivity contribution in [2.45, 2.75) is 63.1 Å². The average Bonchev–Trinajstić information content (AvgIpc) is 3.40. The molecule has 0 radical (unpaired) electrons. The zero-order valence-electron chi connectivity index (χ0n) is 21.7. The Morgan fingerprint density at radius 1 is 0.973 bits per heavy atom. The van der Waals surface area contributed by atoms with Crippen LogP contribution in [0.1, 0.15) is 43.7 Å². The maximum Gasteiger partial charge on any atom is 0.243 e. The van der Waals surface area contributed by atoms with Crippen LogP contribution in [0.5, 0.6) is 0 Å². The Labute approximate surface area is 219 Å². The van der Waals surface area contributed by atoms with Gasteiger partial charge in [0, 0.05) is 19.6 Å². The summed E-state index contributed by atoms with van der Waals surface area (Å²) in [6, 6.07) is 19.6. The Bertz CT molecular complexity index is 1370. The van der Waals surface area contributed by atoms with Crippen LogP contribution >= 0.6 is 0 Å². The lowest BCUT2D eigenvalue weighted by molar-refractivity contribution is -0.140. The van der Waals surface area contributed by atoms with Gasteiger partial charge in [-0.2, -0.15) is 4.31 Å². The summed E-state index contributed by atoms with van der Waals surface area (Å²) < 4.78 is 27.7. The molecule has 0 saturated heterocycles. The van der Waals surface area contributed by atoms with E-state index >= 15 is 0 Å². The number of rotatable bonds is 9. The van der Waals surface area contributed by atoms with Gasteiger partial charge in [0.2, 0.25) is 21.8 Å². The second-order valence-electron chi connectivity index (χ2n) is 9.94. The van der Waals surface area contributed by atoms with Gasteiger partial charge in [-0.05, 0) is 55.2 Å². The number of nitrogens with zero attached hydrogens (tertiary/aromatic N) is 2. The van der Waals surface area contributed by atoms with Gasteiger partial charge in [0.15, 0.2) is 0 Å². The molecule has 0 aliphatic heterocycles. The molecule has 4 rings (SSSR count). The molecule has 1 saturated carbocycles. The third-order valence-electron chi connectivity index (χ3n) is 7.13. The van der Waals surface area contributed by atoms with Gasteiger partial charge in [0.25, 0.3) is 0 Å². The van der Waals surface area contributed by atoms with Crippen LogP contribution in [0.2, 0.25) is 0 Å². The predicted octanol–water partition coefficient (Wildman–Crippen LogP) is 4.24. The quantitative estimate of drug-likeness (QED) is 0.456. The van der Waals surface area contributed by atoms with Crippen molar-refractivity contribution in [2.24, 2.45) is 0 Å². The Morgan fingerprint density at radius 2 is 1.62 bits per heavy atom. The monoisotopic (exact) mass is 521 g/mol. The molecule has 0 spiro atoms. The summed E-state index contributed by atoms with van der Waals surface area (Å²) in [6.45, 7) is 3.52. The van der Waals surface area contributed by atoms with Gasteiger partial charge in [-0.15, -0.1) is 0 Å². The van der Waals surface area contributed by atoms with Gasteiger partial charge in [-0.1, -0.05) is 73.0 Å². The Balaban J connectivity index is 1.54. The minimum Gasteiger partial charge on any atom is -0.352 e. The van der Waals surface area contributed by atoms with Crippen molar-refractivity contribution in [3.8, 4) is 0 Å². The summed E-state index contributed by atoms with van der Waals surface area (Å²) in [5.74, 6) is -0.645. The number of sulfonamides is 1. The maximum absolute atomic E-state index is 13.5. The first-order valence-electron chi connectivity index (χ1n) is 12.8. The van der Waals surface area contributed by atoms with Crippen LogP contribution in [-0.4, -0.2) is 55.1 Å². The highest BCUT2D eigenvalue weighted by molar-refractivity contribution is 7.89. The molecule has 1 fully saturated rings. The smallest absolute Gasteiger partial charge is 0.243 e. The normalized spacial score (nSPS) is 15.1. The molecule has 196 valence electrons. The second-order valence-corrected chi connectivity index (χ2v) is 12.0. The highest BCUT2D eigenvalue weighted by Crippen LogP contribution is 2.22. The number of aryl methyl sites for hydroxylation is 1. The van der Waals surface area contributed by atoms with Gasteiger partial charge < -0.3 is 10.2 Å². The van der Waals surface area contributed by atoms with Gasteiger partial charge >= 0.3 is 0 Å². The van der Waals surface area contributed by atoms with Crippen LogP contribution in [0.3, 0.4) is 0 Å². The lowest BCUT2D eigenvalue weighted by Gasteiger charge is -2.31. The lowest BCUT2D eigenvalue weighted by atomic mass is 10.1. The summed E-state index contributed by atoms with van der Waals surface area (Å²) in [6.07, 6.45) is 4.06. The number of hydrogen-bond donors (Lipinski definition) is 1. The van der Waals surface area contributed by atoms with E-state index in [4.69, 9.17) is 0 Å². The second kappa shape index (κ2) is 11.4. The highest BCUT2D eigenvalue weighted by atomic mass is 32.2. The fourth-order valence-corrected chi connectivity index (χ4v) is 5.90. The molecule has 2 amide bonds. The Kier molecular flexibility index (Phi) is 8.29. The molecule has 0 aromatic heterocycles. The number of benzene rings is 3. The summed E-state index contributed by atoms with van der Waals surface area (Å²) in [5.41, 5.74) is 1.97. The number of carbonyl (C=O) groups excluding carboxylic acids is 2. The topological polar surface area (TPSA) is 86.8 Å². The van der Waals surface area contributed by atoms with E-state index in [2.05, 4.69) is 5.32 Å². The first-order valence-corrected chi connectivity index (χ1v) is 14.2. The Morgan fingerprint density at radius 3 is 2.30 bits per heavy atom. The molecule has 0 heterocycles. The molecule has 3 aromatic carbocycles. The van der Waals surface area contributed by atoms with E-state index in [1.165, 1.54) is 11.9 Å². The Hall–Kier alpha value is -3.23. The molecule has 3 aromatic rings. The van der Waals surface area contributed by atoms with Gasteiger partial charge in [-0.25, -0.2) is 8.42 Å². The van der Waals surface area contributed by atoms with E-state index in [1.54, 1.807) is 25.1 Å². The SMILES string of the molecule is Cc1ccc(CN(C(=O)CN(C)S(=O)(=O)c2ccc3ccccc3c2)[C@H](C)C(=O)NC2CCCC2)cc1. The third-order valence-corrected chi connectivity index (χ3v) is 8.93. The summed E-state index contributed by atoms with van der Waals surface area (Å²) in [7, 11) is -2.52. The maximum atomic E-state index is 13.5. The van der Waals surface area contributed by atoms with E-state index < -0.39 is 22.0 Å². The van der Waals surface area contributed by atoms with Crippen LogP contribution in [-0.2, 0) is 26.2 Å². The van der Waals surface area contributed by atoms with E-state index in [-0.39, 0.29) is 29.9 Å². The van der Waals surface area contributed by atoms with Crippen LogP contribution in [0, 0.1) is 6.92 Å². The van der Waals surface area contributed by atoms with E-state index in [0.717, 1.165) is 51.9 Å². The first kappa shape index (κ1) is 26.8. The number of nitrogens with one attached hydrogen (secondary N) is 1. The zero-order chi connectivity index (χ0) is 26.6. The van der Waals surface area contributed by atoms with Crippen molar-refractivity contribution in [1.82, 2.24) is 14.5 Å². The molecule has 8 heteroatoms. The minimum atomic E-state index is -3.92. The number of hydrogen-bond acceptors (Lipinski definition) is 4. The molecule has 0 unspecified atom stereocenters. The molecule has 37 heavy (non-hydrogen) atoms. The first-order chi connectivity index (χ1) is 17.6. The molecule has 1 N–H and O–H groups in total. The van der Waals surface area contributed by atoms with E-state index in [9.17, 15) is 18.0 Å². The summed E-state index contributed by atoms with van der Waals surface area (Å²) >= 11 is 0. The number of fused-ring (bicyclic) bond motifs is 1. The third kappa shape index (κ3) is 6.37. The molecule has 1 aliphatic rings. The minimum absolute atomic E-state index is 0.124. The molecule has 1 atom stereocenters. The van der Waals surface area contributed by atoms with Crippen molar-refractivity contribution < 1.29 is 18.0 Å². The zero-order valence-corrected chi connectivity index (χ0v) is 22.5. The summed E-state index contributed by atoms with van der Waals surface area (Å²) in [5, 5.41) is 4.81. The standard InChI is InChI=1S/C29H35N3O4S/c1-21-12-14-23(15-13-21)19-32(22(2)29(34)30-26-10-6-7-11-26)28(33)20-31(3)37(35,36)27-17-16-24-8-4-5-9-25(24)18-27/h4-5,8-9,12-18,22,26H,6-7,10-11,19-20H2,1-3H3,(H,30,34)/t22-/m1/s1. The van der Waals surface area contributed by atoms with Crippen LogP contribution in [0.15, 0.2) is 71.6 Å². The van der Waals surface area contributed by atoms with Crippen molar-refractivity contribution in [3.05, 3.63) is 77.9 Å². The van der Waals surface area contributed by atoms with Crippen LogP contribution in [0.25, 0.3) is 10.8 Å². The average molecular weight is 522 g/mol. The van der Waals surface area contributed by atoms with E-state index in [0.29, 0.717) is 0 Å². The van der Waals surface area contributed by atoms with Gasteiger partial charge in [0.05, 0.1) is 11.4 Å². The van der Waals surface area contributed by atoms with Crippen molar-refractivity contribution >= 4 is 32.6 Å². The number of likely N-dealkylation sites (N-methyl/N-ethyl adjacent to an activating group) is 1. The van der Waals surface area contributed by atoms with Crippen molar-refractivity contribution in [1.29, 1.82) is 0 Å². The van der Waals surface area contributed by atoms with Crippen molar-refractivity contribution in [3.63, 3.8) is 0 Å². The molecule has 1 aliphatic carbocycles. The van der Waals surface area contributed by atoms with Gasteiger partial charge in [0.1, 0.15) is 6.04 Å². The van der Waals surface area contributed by atoms with Crippen LogP contribution < -0.4 is 5.32 Å². The fourth-order valence-electron chi connectivity index (χ4n) is 4.74. The number of carbonyl (C=O) groups is 2. The highest BCUT2D eigenvalue weighted by Gasteiger charge is 2.31. The molecule has 0 bridgehead atoms. The lowest BCUT2D eigenvalue weighted by Crippen LogP contribution is -2.52. The molecular weight excluding hydrogens is 486 g/mol.